The summed E-state index contributed by atoms with van der Waals surface area (Å²) in [5, 5.41) is 9.63. The molecular formula is C14H23NO3. The van der Waals surface area contributed by atoms with E-state index in [0.29, 0.717) is 5.92 Å². The quantitative estimate of drug-likeness (QED) is 0.767. The second-order valence-electron chi connectivity index (χ2n) is 6.73. The van der Waals surface area contributed by atoms with Crippen molar-refractivity contribution in [3.05, 3.63) is 12.7 Å². The predicted molar refractivity (Wildman–Crippen MR) is 69.2 cm³/mol. The van der Waals surface area contributed by atoms with E-state index in [9.17, 15) is 9.90 Å². The molecule has 0 bridgehead atoms. The van der Waals surface area contributed by atoms with Crippen LogP contribution in [0.1, 0.15) is 33.6 Å². The lowest BCUT2D eigenvalue weighted by atomic mass is 9.56. The Hall–Kier alpha value is -1.03. The van der Waals surface area contributed by atoms with Crippen molar-refractivity contribution in [3.63, 3.8) is 0 Å². The summed E-state index contributed by atoms with van der Waals surface area (Å²) in [6.07, 6.45) is 2.95. The number of aliphatic hydroxyl groups is 1. The summed E-state index contributed by atoms with van der Waals surface area (Å²) < 4.78 is 5.32. The Kier molecular flexibility index (Phi) is 3.18. The highest BCUT2D eigenvalue weighted by atomic mass is 16.6. The fraction of sp³-hybridized carbons (Fsp3) is 0.786. The highest BCUT2D eigenvalue weighted by Crippen LogP contribution is 2.53. The SMILES string of the molecule is C=CC(O)C1CC2(C1)CN(C(=O)OC(C)(C)C)C2. The maximum Gasteiger partial charge on any atom is 0.410 e. The van der Waals surface area contributed by atoms with Crippen LogP contribution in [-0.4, -0.2) is 40.9 Å². The van der Waals surface area contributed by atoms with Gasteiger partial charge in [-0.05, 0) is 39.5 Å². The zero-order chi connectivity index (χ0) is 13.6. The molecule has 1 heterocycles. The Morgan fingerprint density at radius 2 is 2.06 bits per heavy atom. The molecule has 1 amide bonds. The average Bonchev–Trinajstić information content (AvgIpc) is 2.09. The Bertz CT molecular complexity index is 345. The molecule has 1 atom stereocenters. The van der Waals surface area contributed by atoms with Crippen LogP contribution in [0.25, 0.3) is 0 Å². The third-order valence-corrected chi connectivity index (χ3v) is 3.82. The average molecular weight is 253 g/mol. The maximum absolute atomic E-state index is 11.8. The molecule has 0 aromatic heterocycles. The number of nitrogens with zero attached hydrogens (tertiary/aromatic N) is 1. The van der Waals surface area contributed by atoms with E-state index in [1.807, 2.05) is 20.8 Å². The largest absolute Gasteiger partial charge is 0.444 e. The second-order valence-corrected chi connectivity index (χ2v) is 6.73. The van der Waals surface area contributed by atoms with E-state index in [0.717, 1.165) is 25.9 Å². The molecule has 0 aromatic carbocycles. The minimum Gasteiger partial charge on any atom is -0.444 e. The Labute approximate surface area is 109 Å². The first-order valence-corrected chi connectivity index (χ1v) is 6.53. The Morgan fingerprint density at radius 3 is 2.50 bits per heavy atom. The van der Waals surface area contributed by atoms with Gasteiger partial charge in [0.2, 0.25) is 0 Å². The summed E-state index contributed by atoms with van der Waals surface area (Å²) in [7, 11) is 0. The highest BCUT2D eigenvalue weighted by molar-refractivity contribution is 5.69. The molecular weight excluding hydrogens is 230 g/mol. The summed E-state index contributed by atoms with van der Waals surface area (Å²) in [5.41, 5.74) is -0.188. The molecule has 1 saturated carbocycles. The molecule has 0 radical (unpaired) electrons. The van der Waals surface area contributed by atoms with Crippen molar-refractivity contribution >= 4 is 6.09 Å². The number of likely N-dealkylation sites (tertiary alicyclic amines) is 1. The number of amides is 1. The number of hydrogen-bond acceptors (Lipinski definition) is 3. The van der Waals surface area contributed by atoms with E-state index in [4.69, 9.17) is 4.74 Å². The molecule has 4 nitrogen and oxygen atoms in total. The molecule has 4 heteroatoms. The zero-order valence-electron chi connectivity index (χ0n) is 11.5. The lowest BCUT2D eigenvalue weighted by Crippen LogP contribution is -2.65. The number of rotatable bonds is 2. The van der Waals surface area contributed by atoms with Crippen molar-refractivity contribution < 1.29 is 14.6 Å². The van der Waals surface area contributed by atoms with Gasteiger partial charge in [-0.2, -0.15) is 0 Å². The summed E-state index contributed by atoms with van der Waals surface area (Å²) in [5.74, 6) is 0.322. The molecule has 2 aliphatic rings. The third-order valence-electron chi connectivity index (χ3n) is 3.82. The van der Waals surface area contributed by atoms with Gasteiger partial charge in [0.05, 0.1) is 6.10 Å². The van der Waals surface area contributed by atoms with Crippen LogP contribution < -0.4 is 0 Å². The molecule has 102 valence electrons. The normalized spacial score (nSPS) is 24.1. The number of aliphatic hydroxyl groups excluding tert-OH is 1. The van der Waals surface area contributed by atoms with Crippen molar-refractivity contribution in [1.29, 1.82) is 0 Å². The van der Waals surface area contributed by atoms with Gasteiger partial charge in [-0.25, -0.2) is 4.79 Å². The van der Waals surface area contributed by atoms with Crippen LogP contribution in [0.15, 0.2) is 12.7 Å². The van der Waals surface area contributed by atoms with E-state index in [1.54, 1.807) is 11.0 Å². The van der Waals surface area contributed by atoms with Crippen molar-refractivity contribution in [2.24, 2.45) is 11.3 Å². The molecule has 1 aliphatic carbocycles. The molecule has 2 rings (SSSR count). The van der Waals surface area contributed by atoms with Crippen molar-refractivity contribution in [3.8, 4) is 0 Å². The Morgan fingerprint density at radius 1 is 1.50 bits per heavy atom. The van der Waals surface area contributed by atoms with Crippen LogP contribution in [-0.2, 0) is 4.74 Å². The van der Waals surface area contributed by atoms with Crippen molar-refractivity contribution in [2.45, 2.75) is 45.3 Å². The van der Waals surface area contributed by atoms with Gasteiger partial charge >= 0.3 is 6.09 Å². The number of ether oxygens (including phenoxy) is 1. The third kappa shape index (κ3) is 2.53. The van der Waals surface area contributed by atoms with Crippen LogP contribution >= 0.6 is 0 Å². The zero-order valence-corrected chi connectivity index (χ0v) is 11.5. The lowest BCUT2D eigenvalue weighted by Gasteiger charge is -2.59. The first kappa shape index (κ1) is 13.4. The molecule has 1 saturated heterocycles. The number of carbonyl (C=O) groups excluding carboxylic acids is 1. The van der Waals surface area contributed by atoms with Gasteiger partial charge in [0.25, 0.3) is 0 Å². The van der Waals surface area contributed by atoms with Gasteiger partial charge in [-0.3, -0.25) is 0 Å². The van der Waals surface area contributed by atoms with Gasteiger partial charge in [0, 0.05) is 18.5 Å². The maximum atomic E-state index is 11.8. The van der Waals surface area contributed by atoms with E-state index in [2.05, 4.69) is 6.58 Å². The smallest absolute Gasteiger partial charge is 0.410 e. The number of carbonyl (C=O) groups is 1. The minimum absolute atomic E-state index is 0.221. The molecule has 1 unspecified atom stereocenters. The summed E-state index contributed by atoms with van der Waals surface area (Å²) >= 11 is 0. The van der Waals surface area contributed by atoms with Gasteiger partial charge in [0.1, 0.15) is 5.60 Å². The molecule has 1 spiro atoms. The molecule has 1 aliphatic heterocycles. The lowest BCUT2D eigenvalue weighted by molar-refractivity contribution is -0.114. The standard InChI is InChI=1S/C14H23NO3/c1-5-11(16)10-6-14(7-10)8-15(9-14)12(17)18-13(2,3)4/h5,10-11,16H,1,6-9H2,2-4H3. The molecule has 0 aromatic rings. The Balaban J connectivity index is 1.75. The summed E-state index contributed by atoms with van der Waals surface area (Å²) in [6, 6.07) is 0. The fourth-order valence-corrected chi connectivity index (χ4v) is 2.96. The van der Waals surface area contributed by atoms with Crippen molar-refractivity contribution in [2.75, 3.05) is 13.1 Å². The van der Waals surface area contributed by atoms with E-state index in [-0.39, 0.29) is 11.5 Å². The molecule has 2 fully saturated rings. The highest BCUT2D eigenvalue weighted by Gasteiger charge is 2.55. The van der Waals surface area contributed by atoms with Gasteiger partial charge < -0.3 is 14.7 Å². The molecule has 1 N–H and O–H groups in total. The summed E-state index contributed by atoms with van der Waals surface area (Å²) in [6.45, 7) is 10.8. The summed E-state index contributed by atoms with van der Waals surface area (Å²) in [4.78, 5) is 13.5. The monoisotopic (exact) mass is 253 g/mol. The van der Waals surface area contributed by atoms with Crippen molar-refractivity contribution in [1.82, 2.24) is 4.90 Å². The first-order valence-electron chi connectivity index (χ1n) is 6.53. The topological polar surface area (TPSA) is 49.8 Å². The van der Waals surface area contributed by atoms with Gasteiger partial charge in [0.15, 0.2) is 0 Å². The van der Waals surface area contributed by atoms with E-state index in [1.165, 1.54) is 0 Å². The molecule has 18 heavy (non-hydrogen) atoms. The predicted octanol–water partition coefficient (Wildman–Crippen LogP) is 2.18. The first-order chi connectivity index (χ1) is 8.25. The van der Waals surface area contributed by atoms with Crippen LogP contribution in [0.5, 0.6) is 0 Å². The van der Waals surface area contributed by atoms with Crippen LogP contribution in [0, 0.1) is 11.3 Å². The van der Waals surface area contributed by atoms with E-state index < -0.39 is 11.7 Å². The number of hydrogen-bond donors (Lipinski definition) is 1. The van der Waals surface area contributed by atoms with E-state index >= 15 is 0 Å². The van der Waals surface area contributed by atoms with Gasteiger partial charge in [-0.1, -0.05) is 6.08 Å². The van der Waals surface area contributed by atoms with Crippen LogP contribution in [0.3, 0.4) is 0 Å². The van der Waals surface area contributed by atoms with Crippen LogP contribution in [0.2, 0.25) is 0 Å². The fourth-order valence-electron chi connectivity index (χ4n) is 2.96. The van der Waals surface area contributed by atoms with Crippen LogP contribution in [0.4, 0.5) is 4.79 Å². The minimum atomic E-state index is -0.430. The second kappa shape index (κ2) is 4.26. The van der Waals surface area contributed by atoms with Gasteiger partial charge in [-0.15, -0.1) is 6.58 Å².